The summed E-state index contributed by atoms with van der Waals surface area (Å²) in [5, 5.41) is 2.97. The van der Waals surface area contributed by atoms with Crippen molar-refractivity contribution in [3.63, 3.8) is 0 Å². The summed E-state index contributed by atoms with van der Waals surface area (Å²) in [5.74, 6) is -0.0654. The van der Waals surface area contributed by atoms with Crippen molar-refractivity contribution in [3.8, 4) is 0 Å². The van der Waals surface area contributed by atoms with Crippen LogP contribution in [0.3, 0.4) is 0 Å². The number of hydrogen-bond acceptors (Lipinski definition) is 3. The van der Waals surface area contributed by atoms with Gasteiger partial charge in [-0.25, -0.2) is 0 Å². The monoisotopic (exact) mass is 306 g/mol. The van der Waals surface area contributed by atoms with Crippen LogP contribution < -0.4 is 11.1 Å². The smallest absolute Gasteiger partial charge is 0.226 e. The summed E-state index contributed by atoms with van der Waals surface area (Å²) < 4.78 is 5.73. The van der Waals surface area contributed by atoms with Crippen molar-refractivity contribution in [1.82, 2.24) is 5.32 Å². The Morgan fingerprint density at radius 2 is 1.86 bits per heavy atom. The van der Waals surface area contributed by atoms with Gasteiger partial charge in [0, 0.05) is 0 Å². The number of nitrogens with two attached hydrogens (primary N) is 1. The van der Waals surface area contributed by atoms with Crippen LogP contribution in [0.25, 0.3) is 0 Å². The Morgan fingerprint density at radius 1 is 1.24 bits per heavy atom. The van der Waals surface area contributed by atoms with Crippen LogP contribution in [0.2, 0.25) is 0 Å². The number of carbonyl (C=O) groups is 1. The van der Waals surface area contributed by atoms with E-state index >= 15 is 0 Å². The topological polar surface area (TPSA) is 64.3 Å². The van der Waals surface area contributed by atoms with Crippen LogP contribution in [0.4, 0.5) is 0 Å². The molecule has 1 aromatic carbocycles. The number of benzene rings is 1. The van der Waals surface area contributed by atoms with Gasteiger partial charge in [-0.05, 0) is 25.3 Å². The van der Waals surface area contributed by atoms with Crippen LogP contribution in [-0.2, 0) is 9.53 Å². The lowest BCUT2D eigenvalue weighted by Crippen LogP contribution is -2.43. The van der Waals surface area contributed by atoms with E-state index in [-0.39, 0.29) is 34.9 Å². The van der Waals surface area contributed by atoms with Crippen molar-refractivity contribution in [1.29, 1.82) is 0 Å². The summed E-state index contributed by atoms with van der Waals surface area (Å²) in [6.45, 7) is 5.97. The van der Waals surface area contributed by atoms with Gasteiger partial charge >= 0.3 is 0 Å². The molecular weight excluding hydrogens is 284 g/mol. The van der Waals surface area contributed by atoms with Gasteiger partial charge in [-0.15, -0.1) is 0 Å². The fourth-order valence-electron chi connectivity index (χ4n) is 2.92. The first-order chi connectivity index (χ1) is 9.91. The number of rotatable bonds is 4. The molecule has 5 unspecified atom stereocenters. The van der Waals surface area contributed by atoms with Crippen molar-refractivity contribution in [2.24, 2.45) is 17.6 Å². The minimum atomic E-state index is -0.441. The van der Waals surface area contributed by atoms with Gasteiger partial charge in [0.15, 0.2) is 0 Å². The van der Waals surface area contributed by atoms with Gasteiger partial charge in [0.25, 0.3) is 0 Å². The van der Waals surface area contributed by atoms with E-state index < -0.39 is 6.04 Å². The Bertz CT molecular complexity index is 520. The van der Waals surface area contributed by atoms with Crippen molar-refractivity contribution in [2.45, 2.75) is 39.0 Å². The molecule has 114 valence electrons. The lowest BCUT2D eigenvalue weighted by atomic mass is 9.88. The van der Waals surface area contributed by atoms with Gasteiger partial charge in [-0.2, -0.15) is 0 Å². The summed E-state index contributed by atoms with van der Waals surface area (Å²) in [7, 11) is 0. The maximum absolute atomic E-state index is 12.6. The second-order valence-corrected chi connectivity index (χ2v) is 6.16. The first-order valence-corrected chi connectivity index (χ1v) is 7.62. The number of carbonyl (C=O) groups excluding carboxylic acids is 1. The van der Waals surface area contributed by atoms with E-state index in [1.807, 2.05) is 51.1 Å². The predicted octanol–water partition coefficient (Wildman–Crippen LogP) is 2.19. The minimum absolute atomic E-state index is 0.0546. The molecular formula is C16H22N2O2S. The number of nitrogens with one attached hydrogen (secondary N) is 1. The molecule has 0 aromatic heterocycles. The molecule has 1 amide bonds. The molecule has 0 saturated carbocycles. The highest BCUT2D eigenvalue weighted by molar-refractivity contribution is 7.80. The molecule has 0 radical (unpaired) electrons. The first-order valence-electron chi connectivity index (χ1n) is 7.22. The molecule has 0 aliphatic carbocycles. The third-order valence-corrected chi connectivity index (χ3v) is 4.48. The highest BCUT2D eigenvalue weighted by Gasteiger charge is 2.42. The Hall–Kier alpha value is -1.46. The van der Waals surface area contributed by atoms with E-state index in [9.17, 15) is 4.79 Å². The fourth-order valence-corrected chi connectivity index (χ4v) is 3.12. The first kappa shape index (κ1) is 15.9. The number of thiocarbonyl (C=S) groups is 1. The summed E-state index contributed by atoms with van der Waals surface area (Å²) in [6, 6.07) is 9.09. The zero-order valence-corrected chi connectivity index (χ0v) is 13.4. The zero-order valence-electron chi connectivity index (χ0n) is 12.6. The van der Waals surface area contributed by atoms with E-state index in [1.54, 1.807) is 0 Å². The second-order valence-electron chi connectivity index (χ2n) is 5.69. The van der Waals surface area contributed by atoms with Gasteiger partial charge in [0.05, 0.1) is 18.1 Å². The molecule has 5 heteroatoms. The molecule has 2 rings (SSSR count). The van der Waals surface area contributed by atoms with Crippen molar-refractivity contribution >= 4 is 23.1 Å². The second kappa shape index (κ2) is 6.54. The molecule has 1 aromatic rings. The zero-order chi connectivity index (χ0) is 15.6. The lowest BCUT2D eigenvalue weighted by molar-refractivity contribution is -0.127. The largest absolute Gasteiger partial charge is 0.391 e. The predicted molar refractivity (Wildman–Crippen MR) is 86.8 cm³/mol. The summed E-state index contributed by atoms with van der Waals surface area (Å²) in [5.41, 5.74) is 6.69. The average Bonchev–Trinajstić information content (AvgIpc) is 2.70. The van der Waals surface area contributed by atoms with Crippen molar-refractivity contribution in [2.75, 3.05) is 0 Å². The molecule has 0 bridgehead atoms. The molecule has 1 aliphatic rings. The van der Waals surface area contributed by atoms with Crippen LogP contribution in [0.1, 0.15) is 32.4 Å². The van der Waals surface area contributed by atoms with E-state index in [2.05, 4.69) is 5.32 Å². The Balaban J connectivity index is 2.15. The third-order valence-electron chi connectivity index (χ3n) is 4.25. The Kier molecular flexibility index (Phi) is 4.96. The van der Waals surface area contributed by atoms with Gasteiger partial charge in [-0.3, -0.25) is 4.79 Å². The fraction of sp³-hybridized carbons (Fsp3) is 0.500. The summed E-state index contributed by atoms with van der Waals surface area (Å²) in [4.78, 5) is 12.9. The summed E-state index contributed by atoms with van der Waals surface area (Å²) >= 11 is 5.11. The number of amides is 1. The number of ether oxygens (including phenoxy) is 1. The van der Waals surface area contributed by atoms with Gasteiger partial charge in [0.1, 0.15) is 11.0 Å². The summed E-state index contributed by atoms with van der Waals surface area (Å²) in [6.07, 6.45) is -0.0199. The minimum Gasteiger partial charge on any atom is -0.391 e. The van der Waals surface area contributed by atoms with Gasteiger partial charge in [-0.1, -0.05) is 49.5 Å². The molecule has 4 nitrogen and oxygen atoms in total. The maximum Gasteiger partial charge on any atom is 0.226 e. The molecule has 3 N–H and O–H groups in total. The van der Waals surface area contributed by atoms with Crippen LogP contribution in [0.15, 0.2) is 30.3 Å². The van der Waals surface area contributed by atoms with Crippen LogP contribution >= 0.6 is 12.2 Å². The number of hydrogen-bond donors (Lipinski definition) is 2. The van der Waals surface area contributed by atoms with E-state index in [1.165, 1.54) is 0 Å². The highest BCUT2D eigenvalue weighted by Crippen LogP contribution is 2.32. The normalized spacial score (nSPS) is 29.9. The molecule has 1 aliphatic heterocycles. The standard InChI is InChI=1S/C16H22N2O2S/c1-9-10(2)20-11(3)13(9)16(19)18-14(15(17)21)12-7-5-4-6-8-12/h4-11,13-14H,1-3H3,(H2,17,21)(H,18,19). The molecule has 21 heavy (non-hydrogen) atoms. The van der Waals surface area contributed by atoms with Crippen LogP contribution in [0.5, 0.6) is 0 Å². The maximum atomic E-state index is 12.6. The van der Waals surface area contributed by atoms with E-state index in [4.69, 9.17) is 22.7 Å². The van der Waals surface area contributed by atoms with Crippen LogP contribution in [-0.4, -0.2) is 23.1 Å². The molecule has 1 fully saturated rings. The van der Waals surface area contributed by atoms with E-state index in [0.717, 1.165) is 5.56 Å². The Labute approximate surface area is 131 Å². The average molecular weight is 306 g/mol. The third kappa shape index (κ3) is 3.41. The van der Waals surface area contributed by atoms with E-state index in [0.29, 0.717) is 0 Å². The highest BCUT2D eigenvalue weighted by atomic mass is 32.1. The quantitative estimate of drug-likeness (QED) is 0.837. The molecule has 0 spiro atoms. The Morgan fingerprint density at radius 3 is 2.33 bits per heavy atom. The van der Waals surface area contributed by atoms with Crippen molar-refractivity contribution < 1.29 is 9.53 Å². The molecule has 1 heterocycles. The van der Waals surface area contributed by atoms with Crippen molar-refractivity contribution in [3.05, 3.63) is 35.9 Å². The SMILES string of the molecule is CC1OC(C)C(C(=O)NC(C(N)=S)c2ccccc2)C1C. The van der Waals surface area contributed by atoms with Gasteiger partial charge < -0.3 is 15.8 Å². The lowest BCUT2D eigenvalue weighted by Gasteiger charge is -2.23. The van der Waals surface area contributed by atoms with Crippen LogP contribution in [0, 0.1) is 11.8 Å². The van der Waals surface area contributed by atoms with Gasteiger partial charge in [0.2, 0.25) is 5.91 Å². The molecule has 5 atom stereocenters. The molecule has 1 saturated heterocycles.